The fourth-order valence-electron chi connectivity index (χ4n) is 1.89. The van der Waals surface area contributed by atoms with E-state index in [-0.39, 0.29) is 6.04 Å². The highest BCUT2D eigenvalue weighted by Crippen LogP contribution is 2.25. The van der Waals surface area contributed by atoms with Crippen LogP contribution in [0.3, 0.4) is 0 Å². The highest BCUT2D eigenvalue weighted by Gasteiger charge is 2.24. The number of nitrogens with zero attached hydrogens (tertiary/aromatic N) is 3. The number of nitrogens with two attached hydrogens (primary N) is 1. The normalized spacial score (nSPS) is 24.9. The summed E-state index contributed by atoms with van der Waals surface area (Å²) >= 11 is 0. The molecule has 0 bridgehead atoms. The first kappa shape index (κ1) is 9.61. The molecule has 0 aromatic carbocycles. The minimum atomic E-state index is -0.00435. The van der Waals surface area contributed by atoms with Crippen molar-refractivity contribution < 1.29 is 4.74 Å². The molecule has 78 valence electrons. The highest BCUT2D eigenvalue weighted by atomic mass is 16.5. The third-order valence-corrected chi connectivity index (χ3v) is 2.79. The smallest absolute Gasteiger partial charge is 0.0754 e. The van der Waals surface area contributed by atoms with Gasteiger partial charge in [-0.2, -0.15) is 0 Å². The first-order valence-electron chi connectivity index (χ1n) is 4.97. The SMILES string of the molecule is Cn1nncc1C(N)C1CCCOC1. The molecule has 1 aromatic rings. The fourth-order valence-corrected chi connectivity index (χ4v) is 1.89. The zero-order valence-electron chi connectivity index (χ0n) is 8.39. The van der Waals surface area contributed by atoms with E-state index in [1.165, 1.54) is 0 Å². The van der Waals surface area contributed by atoms with Crippen molar-refractivity contribution in [2.75, 3.05) is 13.2 Å². The van der Waals surface area contributed by atoms with Crippen molar-refractivity contribution in [3.63, 3.8) is 0 Å². The Bertz CT molecular complexity index is 293. The summed E-state index contributed by atoms with van der Waals surface area (Å²) in [5.74, 6) is 0.404. The van der Waals surface area contributed by atoms with Gasteiger partial charge in [0.15, 0.2) is 0 Å². The van der Waals surface area contributed by atoms with Crippen LogP contribution in [0.2, 0.25) is 0 Å². The third-order valence-electron chi connectivity index (χ3n) is 2.79. The summed E-state index contributed by atoms with van der Waals surface area (Å²) in [4.78, 5) is 0. The second-order valence-electron chi connectivity index (χ2n) is 3.79. The number of rotatable bonds is 2. The number of hydrogen-bond donors (Lipinski definition) is 1. The lowest BCUT2D eigenvalue weighted by Gasteiger charge is -2.27. The standard InChI is InChI=1S/C9H16N4O/c1-13-8(5-11-12-13)9(10)7-3-2-4-14-6-7/h5,7,9H,2-4,6,10H2,1H3. The highest BCUT2D eigenvalue weighted by molar-refractivity contribution is 5.03. The molecule has 0 amide bonds. The number of hydrogen-bond acceptors (Lipinski definition) is 4. The van der Waals surface area contributed by atoms with Crippen molar-refractivity contribution in [1.82, 2.24) is 15.0 Å². The lowest BCUT2D eigenvalue weighted by atomic mass is 9.92. The van der Waals surface area contributed by atoms with Crippen LogP contribution in [0.1, 0.15) is 24.6 Å². The average molecular weight is 196 g/mol. The maximum absolute atomic E-state index is 6.13. The van der Waals surface area contributed by atoms with Gasteiger partial charge in [0.2, 0.25) is 0 Å². The van der Waals surface area contributed by atoms with Crippen LogP contribution in [-0.4, -0.2) is 28.2 Å². The minimum Gasteiger partial charge on any atom is -0.381 e. The van der Waals surface area contributed by atoms with Crippen LogP contribution in [0, 0.1) is 5.92 Å². The molecule has 0 spiro atoms. The summed E-state index contributed by atoms with van der Waals surface area (Å²) < 4.78 is 7.15. The van der Waals surface area contributed by atoms with E-state index < -0.39 is 0 Å². The van der Waals surface area contributed by atoms with Crippen molar-refractivity contribution in [1.29, 1.82) is 0 Å². The molecule has 2 unspecified atom stereocenters. The van der Waals surface area contributed by atoms with Gasteiger partial charge in [0.1, 0.15) is 0 Å². The van der Waals surface area contributed by atoms with Gasteiger partial charge in [-0.1, -0.05) is 5.21 Å². The summed E-state index contributed by atoms with van der Waals surface area (Å²) in [5.41, 5.74) is 7.12. The molecule has 5 heteroatoms. The molecular weight excluding hydrogens is 180 g/mol. The first-order valence-corrected chi connectivity index (χ1v) is 4.97. The largest absolute Gasteiger partial charge is 0.381 e. The van der Waals surface area contributed by atoms with Crippen LogP contribution >= 0.6 is 0 Å². The van der Waals surface area contributed by atoms with Gasteiger partial charge in [0.25, 0.3) is 0 Å². The van der Waals surface area contributed by atoms with Crippen LogP contribution in [0.15, 0.2) is 6.20 Å². The molecule has 1 aromatic heterocycles. The zero-order valence-corrected chi connectivity index (χ0v) is 8.39. The van der Waals surface area contributed by atoms with Crippen molar-refractivity contribution in [3.8, 4) is 0 Å². The first-order chi connectivity index (χ1) is 6.79. The average Bonchev–Trinajstić information content (AvgIpc) is 2.65. The Labute approximate surface area is 83.2 Å². The predicted octanol–water partition coefficient (Wildman–Crippen LogP) is 0.241. The van der Waals surface area contributed by atoms with E-state index in [0.717, 1.165) is 31.7 Å². The summed E-state index contributed by atoms with van der Waals surface area (Å²) in [5, 5.41) is 7.71. The van der Waals surface area contributed by atoms with Gasteiger partial charge >= 0.3 is 0 Å². The van der Waals surface area contributed by atoms with E-state index in [0.29, 0.717) is 5.92 Å². The minimum absolute atomic E-state index is 0.00435. The quantitative estimate of drug-likeness (QED) is 0.736. The maximum Gasteiger partial charge on any atom is 0.0754 e. The van der Waals surface area contributed by atoms with Crippen LogP contribution in [0.5, 0.6) is 0 Å². The van der Waals surface area contributed by atoms with E-state index in [4.69, 9.17) is 10.5 Å². The fraction of sp³-hybridized carbons (Fsp3) is 0.778. The zero-order chi connectivity index (χ0) is 9.97. The van der Waals surface area contributed by atoms with Gasteiger partial charge < -0.3 is 10.5 Å². The monoisotopic (exact) mass is 196 g/mol. The van der Waals surface area contributed by atoms with E-state index >= 15 is 0 Å². The predicted molar refractivity (Wildman–Crippen MR) is 51.5 cm³/mol. The molecule has 1 aliphatic heterocycles. The second kappa shape index (κ2) is 4.06. The molecule has 2 heterocycles. The summed E-state index contributed by atoms with van der Waals surface area (Å²) in [6, 6.07) is -0.00435. The van der Waals surface area contributed by atoms with Gasteiger partial charge in [-0.25, -0.2) is 0 Å². The summed E-state index contributed by atoms with van der Waals surface area (Å²) in [6.07, 6.45) is 3.97. The van der Waals surface area contributed by atoms with Crippen LogP contribution < -0.4 is 5.73 Å². The van der Waals surface area contributed by atoms with Crippen molar-refractivity contribution in [2.45, 2.75) is 18.9 Å². The number of ether oxygens (including phenoxy) is 1. The molecular formula is C9H16N4O. The topological polar surface area (TPSA) is 66.0 Å². The van der Waals surface area contributed by atoms with Crippen LogP contribution in [0.25, 0.3) is 0 Å². The number of aryl methyl sites for hydroxylation is 1. The molecule has 1 aliphatic rings. The molecule has 0 radical (unpaired) electrons. The Hall–Kier alpha value is -0.940. The van der Waals surface area contributed by atoms with Crippen molar-refractivity contribution in [3.05, 3.63) is 11.9 Å². The summed E-state index contributed by atoms with van der Waals surface area (Å²) in [7, 11) is 1.87. The maximum atomic E-state index is 6.13. The molecule has 1 fully saturated rings. The van der Waals surface area contributed by atoms with Gasteiger partial charge in [0, 0.05) is 19.6 Å². The lowest BCUT2D eigenvalue weighted by molar-refractivity contribution is 0.0437. The molecule has 2 rings (SSSR count). The van der Waals surface area contributed by atoms with E-state index in [1.54, 1.807) is 10.9 Å². The van der Waals surface area contributed by atoms with Crippen LogP contribution in [-0.2, 0) is 11.8 Å². The Morgan fingerprint density at radius 3 is 3.14 bits per heavy atom. The van der Waals surface area contributed by atoms with Crippen LogP contribution in [0.4, 0.5) is 0 Å². The van der Waals surface area contributed by atoms with Gasteiger partial charge in [-0.05, 0) is 12.8 Å². The molecule has 1 saturated heterocycles. The molecule has 2 atom stereocenters. The van der Waals surface area contributed by atoms with Gasteiger partial charge in [0.05, 0.1) is 24.5 Å². The molecule has 2 N–H and O–H groups in total. The molecule has 14 heavy (non-hydrogen) atoms. The molecule has 0 aliphatic carbocycles. The van der Waals surface area contributed by atoms with Gasteiger partial charge in [-0.3, -0.25) is 4.68 Å². The van der Waals surface area contributed by atoms with E-state index in [1.807, 2.05) is 7.05 Å². The van der Waals surface area contributed by atoms with Gasteiger partial charge in [-0.15, -0.1) is 5.10 Å². The lowest BCUT2D eigenvalue weighted by Crippen LogP contribution is -2.30. The van der Waals surface area contributed by atoms with Crippen molar-refractivity contribution in [2.24, 2.45) is 18.7 Å². The third kappa shape index (κ3) is 1.78. The van der Waals surface area contributed by atoms with E-state index in [2.05, 4.69) is 10.3 Å². The number of aromatic nitrogens is 3. The Morgan fingerprint density at radius 1 is 1.71 bits per heavy atom. The summed E-state index contributed by atoms with van der Waals surface area (Å²) in [6.45, 7) is 1.62. The Morgan fingerprint density at radius 2 is 2.57 bits per heavy atom. The Balaban J connectivity index is 2.07. The van der Waals surface area contributed by atoms with E-state index in [9.17, 15) is 0 Å². The Kier molecular flexibility index (Phi) is 2.79. The molecule has 5 nitrogen and oxygen atoms in total. The van der Waals surface area contributed by atoms with Crippen molar-refractivity contribution >= 4 is 0 Å². The second-order valence-corrected chi connectivity index (χ2v) is 3.79. The molecule has 0 saturated carbocycles.